The highest BCUT2D eigenvalue weighted by Crippen LogP contribution is 2.21. The quantitative estimate of drug-likeness (QED) is 0.866. The molecule has 23 heavy (non-hydrogen) atoms. The number of carbonyl (C=O) groups is 2. The van der Waals surface area contributed by atoms with Crippen LogP contribution in [0.5, 0.6) is 0 Å². The van der Waals surface area contributed by atoms with E-state index in [9.17, 15) is 14.0 Å². The van der Waals surface area contributed by atoms with E-state index in [1.807, 2.05) is 0 Å². The van der Waals surface area contributed by atoms with Crippen molar-refractivity contribution in [3.8, 4) is 0 Å². The third-order valence-corrected chi connectivity index (χ3v) is 3.61. The number of anilines is 1. The van der Waals surface area contributed by atoms with Crippen molar-refractivity contribution in [1.29, 1.82) is 0 Å². The molecular formula is C17H15ClFNO3. The van der Waals surface area contributed by atoms with Gasteiger partial charge in [-0.05, 0) is 42.3 Å². The van der Waals surface area contributed by atoms with Gasteiger partial charge in [-0.15, -0.1) is 0 Å². The summed E-state index contributed by atoms with van der Waals surface area (Å²) in [6, 6.07) is 9.06. The van der Waals surface area contributed by atoms with Crippen LogP contribution in [0.3, 0.4) is 0 Å². The van der Waals surface area contributed by atoms with E-state index in [4.69, 9.17) is 11.6 Å². The lowest BCUT2D eigenvalue weighted by molar-refractivity contribution is -0.115. The molecule has 0 aliphatic carbocycles. The van der Waals surface area contributed by atoms with Gasteiger partial charge in [0.15, 0.2) is 0 Å². The van der Waals surface area contributed by atoms with Gasteiger partial charge >= 0.3 is 5.97 Å². The van der Waals surface area contributed by atoms with Crippen molar-refractivity contribution in [2.75, 3.05) is 12.4 Å². The molecule has 0 aliphatic heterocycles. The van der Waals surface area contributed by atoms with E-state index in [1.165, 1.54) is 19.2 Å². The molecule has 0 radical (unpaired) electrons. The summed E-state index contributed by atoms with van der Waals surface area (Å²) < 4.78 is 18.4. The van der Waals surface area contributed by atoms with E-state index in [2.05, 4.69) is 10.1 Å². The number of nitrogens with one attached hydrogen (secondary N) is 1. The second kappa shape index (κ2) is 7.24. The molecular weight excluding hydrogens is 321 g/mol. The second-order valence-electron chi connectivity index (χ2n) is 4.93. The van der Waals surface area contributed by atoms with Crippen LogP contribution in [0, 0.1) is 12.7 Å². The number of methoxy groups -OCH3 is 1. The van der Waals surface area contributed by atoms with Gasteiger partial charge in [-0.25, -0.2) is 9.18 Å². The number of carbonyl (C=O) groups excluding carboxylic acids is 2. The summed E-state index contributed by atoms with van der Waals surface area (Å²) in [7, 11) is 1.29. The number of hydrogen-bond acceptors (Lipinski definition) is 3. The summed E-state index contributed by atoms with van der Waals surface area (Å²) >= 11 is 5.68. The fourth-order valence-electron chi connectivity index (χ4n) is 2.13. The Labute approximate surface area is 138 Å². The van der Waals surface area contributed by atoms with Crippen LogP contribution in [0.1, 0.15) is 21.5 Å². The molecule has 0 aliphatic rings. The molecule has 2 rings (SSSR count). The van der Waals surface area contributed by atoms with Crippen LogP contribution in [0.4, 0.5) is 10.1 Å². The Kier molecular flexibility index (Phi) is 5.34. The third kappa shape index (κ3) is 4.07. The first-order chi connectivity index (χ1) is 10.9. The summed E-state index contributed by atoms with van der Waals surface area (Å²) in [5.41, 5.74) is 1.67. The van der Waals surface area contributed by atoms with Gasteiger partial charge in [0.25, 0.3) is 0 Å². The molecule has 6 heteroatoms. The molecule has 0 heterocycles. The van der Waals surface area contributed by atoms with Crippen molar-refractivity contribution in [3.05, 3.63) is 63.9 Å². The van der Waals surface area contributed by atoms with E-state index in [1.54, 1.807) is 25.1 Å². The van der Waals surface area contributed by atoms with Crippen LogP contribution in [-0.4, -0.2) is 19.0 Å². The average molecular weight is 336 g/mol. The minimum atomic E-state index is -0.535. The molecule has 0 unspecified atom stereocenters. The van der Waals surface area contributed by atoms with Crippen LogP contribution in [0.2, 0.25) is 5.02 Å². The molecule has 0 saturated carbocycles. The normalized spacial score (nSPS) is 10.3. The first-order valence-electron chi connectivity index (χ1n) is 6.84. The van der Waals surface area contributed by atoms with Crippen LogP contribution in [0.25, 0.3) is 0 Å². The van der Waals surface area contributed by atoms with Crippen molar-refractivity contribution < 1.29 is 18.7 Å². The zero-order valence-corrected chi connectivity index (χ0v) is 13.4. The van der Waals surface area contributed by atoms with E-state index >= 15 is 0 Å². The predicted molar refractivity (Wildman–Crippen MR) is 86.3 cm³/mol. The number of rotatable bonds is 4. The molecule has 0 bridgehead atoms. The maximum absolute atomic E-state index is 13.7. The van der Waals surface area contributed by atoms with Crippen LogP contribution >= 0.6 is 11.6 Å². The second-order valence-corrected chi connectivity index (χ2v) is 5.37. The van der Waals surface area contributed by atoms with Gasteiger partial charge in [0.1, 0.15) is 5.82 Å². The maximum atomic E-state index is 13.7. The van der Waals surface area contributed by atoms with E-state index in [-0.39, 0.29) is 17.0 Å². The van der Waals surface area contributed by atoms with Crippen molar-refractivity contribution in [2.24, 2.45) is 0 Å². The van der Waals surface area contributed by atoms with Crippen molar-refractivity contribution in [1.82, 2.24) is 0 Å². The Morgan fingerprint density at radius 2 is 2.00 bits per heavy atom. The smallest absolute Gasteiger partial charge is 0.338 e. The van der Waals surface area contributed by atoms with Crippen molar-refractivity contribution in [3.63, 3.8) is 0 Å². The van der Waals surface area contributed by atoms with Gasteiger partial charge in [0.05, 0.1) is 19.1 Å². The number of ether oxygens (including phenoxy) is 1. The summed E-state index contributed by atoms with van der Waals surface area (Å²) in [5.74, 6) is -1.41. The third-order valence-electron chi connectivity index (χ3n) is 3.38. The summed E-state index contributed by atoms with van der Waals surface area (Å²) in [6.07, 6.45) is -0.134. The highest BCUT2D eigenvalue weighted by Gasteiger charge is 2.14. The minimum Gasteiger partial charge on any atom is -0.465 e. The Morgan fingerprint density at radius 3 is 2.65 bits per heavy atom. The number of halogens is 2. The fraction of sp³-hybridized carbons (Fsp3) is 0.176. The van der Waals surface area contributed by atoms with Crippen molar-refractivity contribution in [2.45, 2.75) is 13.3 Å². The Morgan fingerprint density at radius 1 is 1.26 bits per heavy atom. The minimum absolute atomic E-state index is 0.134. The molecule has 4 nitrogen and oxygen atoms in total. The maximum Gasteiger partial charge on any atom is 0.338 e. The molecule has 120 valence electrons. The van der Waals surface area contributed by atoms with Crippen LogP contribution < -0.4 is 5.32 Å². The van der Waals surface area contributed by atoms with Gasteiger partial charge in [-0.2, -0.15) is 0 Å². The van der Waals surface area contributed by atoms with Crippen LogP contribution in [0.15, 0.2) is 36.4 Å². The monoisotopic (exact) mass is 335 g/mol. The lowest BCUT2D eigenvalue weighted by atomic mass is 10.1. The molecule has 1 N–H and O–H groups in total. The molecule has 2 aromatic rings. The highest BCUT2D eigenvalue weighted by molar-refractivity contribution is 6.30. The van der Waals surface area contributed by atoms with E-state index in [0.29, 0.717) is 16.8 Å². The summed E-state index contributed by atoms with van der Waals surface area (Å²) in [4.78, 5) is 23.7. The predicted octanol–water partition coefficient (Wildman–Crippen LogP) is 3.76. The first-order valence-corrected chi connectivity index (χ1v) is 7.22. The topological polar surface area (TPSA) is 55.4 Å². The fourth-order valence-corrected chi connectivity index (χ4v) is 2.29. The Bertz CT molecular complexity index is 761. The number of esters is 1. The van der Waals surface area contributed by atoms with Gasteiger partial charge in [0, 0.05) is 10.7 Å². The number of benzene rings is 2. The van der Waals surface area contributed by atoms with Crippen LogP contribution in [-0.2, 0) is 16.0 Å². The molecule has 0 spiro atoms. The number of amides is 1. The molecule has 0 aromatic heterocycles. The van der Waals surface area contributed by atoms with E-state index < -0.39 is 17.7 Å². The highest BCUT2D eigenvalue weighted by atomic mass is 35.5. The molecule has 0 saturated heterocycles. The first kappa shape index (κ1) is 17.0. The zero-order valence-electron chi connectivity index (χ0n) is 12.7. The molecule has 0 atom stereocenters. The SMILES string of the molecule is COC(=O)c1cccc(NC(=O)Cc2ccc(Cl)cc2F)c1C. The summed E-state index contributed by atoms with van der Waals surface area (Å²) in [5, 5.41) is 2.95. The zero-order chi connectivity index (χ0) is 17.0. The van der Waals surface area contributed by atoms with Gasteiger partial charge in [-0.3, -0.25) is 4.79 Å². The van der Waals surface area contributed by atoms with Gasteiger partial charge in [0.2, 0.25) is 5.91 Å². The molecule has 2 aromatic carbocycles. The lowest BCUT2D eigenvalue weighted by Crippen LogP contribution is -2.17. The standard InChI is InChI=1S/C17H15ClFNO3/c1-10-13(17(22)23-2)4-3-5-15(10)20-16(21)8-11-6-7-12(18)9-14(11)19/h3-7,9H,8H2,1-2H3,(H,20,21). The van der Waals surface area contributed by atoms with E-state index in [0.717, 1.165) is 6.07 Å². The molecule has 1 amide bonds. The lowest BCUT2D eigenvalue weighted by Gasteiger charge is -2.11. The average Bonchev–Trinajstić information content (AvgIpc) is 2.51. The Hall–Kier alpha value is -2.40. The van der Waals surface area contributed by atoms with Gasteiger partial charge in [-0.1, -0.05) is 23.7 Å². The Balaban J connectivity index is 2.16. The molecule has 0 fully saturated rings. The van der Waals surface area contributed by atoms with Crippen molar-refractivity contribution >= 4 is 29.2 Å². The van der Waals surface area contributed by atoms with Gasteiger partial charge < -0.3 is 10.1 Å². The largest absolute Gasteiger partial charge is 0.465 e. The summed E-state index contributed by atoms with van der Waals surface area (Å²) in [6.45, 7) is 1.70. The number of hydrogen-bond donors (Lipinski definition) is 1.